The van der Waals surface area contributed by atoms with Crippen LogP contribution in [0.5, 0.6) is 0 Å². The van der Waals surface area contributed by atoms with Crippen molar-refractivity contribution in [3.05, 3.63) is 0 Å². The van der Waals surface area contributed by atoms with Crippen molar-refractivity contribution in [1.82, 2.24) is 0 Å². The molecule has 1 aliphatic carbocycles. The van der Waals surface area contributed by atoms with Gasteiger partial charge in [0.15, 0.2) is 0 Å². The van der Waals surface area contributed by atoms with Crippen LogP contribution in [0.25, 0.3) is 0 Å². The van der Waals surface area contributed by atoms with E-state index in [0.29, 0.717) is 5.92 Å². The molecular weight excluding hydrogens is 196 g/mol. The number of aliphatic carboxylic acids is 1. The second-order valence-electron chi connectivity index (χ2n) is 4.12. The lowest BCUT2D eigenvalue weighted by molar-refractivity contribution is -0.144. The molecule has 0 amide bonds. The number of hydrogen-bond donors (Lipinski definition) is 1. The Labute approximate surface area is 90.5 Å². The number of carboxylic acid groups (broad SMARTS) is 1. The molecular formula is C11H20O2S. The van der Waals surface area contributed by atoms with E-state index in [9.17, 15) is 4.79 Å². The van der Waals surface area contributed by atoms with Gasteiger partial charge < -0.3 is 5.11 Å². The zero-order valence-electron chi connectivity index (χ0n) is 8.87. The van der Waals surface area contributed by atoms with E-state index < -0.39 is 5.97 Å². The monoisotopic (exact) mass is 216 g/mol. The standard InChI is InChI=1S/C11H20O2S/c1-14-8-7-10(11(12)13)9-5-3-2-4-6-9/h9-10H,2-8H2,1H3,(H,12,13). The first-order valence-electron chi connectivity index (χ1n) is 5.47. The lowest BCUT2D eigenvalue weighted by atomic mass is 9.79. The van der Waals surface area contributed by atoms with Gasteiger partial charge in [-0.2, -0.15) is 11.8 Å². The second-order valence-corrected chi connectivity index (χ2v) is 5.11. The Morgan fingerprint density at radius 2 is 2.07 bits per heavy atom. The van der Waals surface area contributed by atoms with Gasteiger partial charge in [-0.25, -0.2) is 0 Å². The Balaban J connectivity index is 2.43. The molecule has 1 unspecified atom stereocenters. The van der Waals surface area contributed by atoms with E-state index >= 15 is 0 Å². The fraction of sp³-hybridized carbons (Fsp3) is 0.909. The van der Waals surface area contributed by atoms with E-state index in [1.54, 1.807) is 11.8 Å². The molecule has 0 aliphatic heterocycles. The first kappa shape index (κ1) is 11.9. The first-order chi connectivity index (χ1) is 6.75. The molecule has 2 nitrogen and oxygen atoms in total. The van der Waals surface area contributed by atoms with Gasteiger partial charge in [0.1, 0.15) is 0 Å². The molecule has 1 N–H and O–H groups in total. The maximum atomic E-state index is 11.1. The van der Waals surface area contributed by atoms with Crippen LogP contribution < -0.4 is 0 Å². The summed E-state index contributed by atoms with van der Waals surface area (Å²) in [5.74, 6) is 0.773. The fourth-order valence-electron chi connectivity index (χ4n) is 2.34. The molecule has 82 valence electrons. The van der Waals surface area contributed by atoms with Gasteiger partial charge in [-0.3, -0.25) is 4.79 Å². The lowest BCUT2D eigenvalue weighted by Gasteiger charge is -2.27. The molecule has 3 heteroatoms. The van der Waals surface area contributed by atoms with Gasteiger partial charge in [0.25, 0.3) is 0 Å². The van der Waals surface area contributed by atoms with Crippen molar-refractivity contribution in [2.24, 2.45) is 11.8 Å². The summed E-state index contributed by atoms with van der Waals surface area (Å²) < 4.78 is 0. The van der Waals surface area contributed by atoms with Gasteiger partial charge in [-0.05, 0) is 37.2 Å². The molecule has 14 heavy (non-hydrogen) atoms. The van der Waals surface area contributed by atoms with E-state index in [1.165, 1.54) is 19.3 Å². The average Bonchev–Trinajstić information content (AvgIpc) is 2.19. The summed E-state index contributed by atoms with van der Waals surface area (Å²) in [4.78, 5) is 11.1. The van der Waals surface area contributed by atoms with Crippen molar-refractivity contribution in [2.45, 2.75) is 38.5 Å². The summed E-state index contributed by atoms with van der Waals surface area (Å²) >= 11 is 1.75. The molecule has 0 heterocycles. The van der Waals surface area contributed by atoms with E-state index in [1.807, 2.05) is 6.26 Å². The summed E-state index contributed by atoms with van der Waals surface area (Å²) in [6.07, 6.45) is 8.91. The average molecular weight is 216 g/mol. The van der Waals surface area contributed by atoms with Crippen molar-refractivity contribution in [2.75, 3.05) is 12.0 Å². The Bertz CT molecular complexity index is 176. The Hall–Kier alpha value is -0.180. The molecule has 0 spiro atoms. The predicted octanol–water partition coefficient (Wildman–Crippen LogP) is 3.02. The Kier molecular flexibility index (Phi) is 5.38. The predicted molar refractivity (Wildman–Crippen MR) is 60.7 cm³/mol. The summed E-state index contributed by atoms with van der Waals surface area (Å²) in [6.45, 7) is 0. The SMILES string of the molecule is CSCCC(C(=O)O)C1CCCCC1. The number of hydrogen-bond acceptors (Lipinski definition) is 2. The molecule has 1 rings (SSSR count). The Morgan fingerprint density at radius 3 is 2.57 bits per heavy atom. The summed E-state index contributed by atoms with van der Waals surface area (Å²) in [6, 6.07) is 0. The fourth-order valence-corrected chi connectivity index (χ4v) is 2.83. The molecule has 0 radical (unpaired) electrons. The number of thioether (sulfide) groups is 1. The van der Waals surface area contributed by atoms with E-state index in [0.717, 1.165) is 25.0 Å². The van der Waals surface area contributed by atoms with Crippen molar-refractivity contribution in [1.29, 1.82) is 0 Å². The minimum Gasteiger partial charge on any atom is -0.481 e. The molecule has 0 aromatic heterocycles. The lowest BCUT2D eigenvalue weighted by Crippen LogP contribution is -2.26. The highest BCUT2D eigenvalue weighted by Crippen LogP contribution is 2.32. The van der Waals surface area contributed by atoms with E-state index in [4.69, 9.17) is 5.11 Å². The normalized spacial score (nSPS) is 20.6. The highest BCUT2D eigenvalue weighted by atomic mass is 32.2. The molecule has 1 aliphatic rings. The van der Waals surface area contributed by atoms with E-state index in [-0.39, 0.29) is 5.92 Å². The third-order valence-corrected chi connectivity index (χ3v) is 3.81. The quantitative estimate of drug-likeness (QED) is 0.767. The van der Waals surface area contributed by atoms with Gasteiger partial charge in [-0.15, -0.1) is 0 Å². The molecule has 0 saturated heterocycles. The molecule has 1 fully saturated rings. The zero-order chi connectivity index (χ0) is 10.4. The van der Waals surface area contributed by atoms with Crippen LogP contribution >= 0.6 is 11.8 Å². The molecule has 0 bridgehead atoms. The van der Waals surface area contributed by atoms with Crippen molar-refractivity contribution in [3.8, 4) is 0 Å². The van der Waals surface area contributed by atoms with Crippen LogP contribution in [0.15, 0.2) is 0 Å². The topological polar surface area (TPSA) is 37.3 Å². The van der Waals surface area contributed by atoms with Gasteiger partial charge in [0.2, 0.25) is 0 Å². The molecule has 1 saturated carbocycles. The van der Waals surface area contributed by atoms with E-state index in [2.05, 4.69) is 0 Å². The second kappa shape index (κ2) is 6.33. The summed E-state index contributed by atoms with van der Waals surface area (Å²) in [5, 5.41) is 9.14. The highest BCUT2D eigenvalue weighted by Gasteiger charge is 2.28. The van der Waals surface area contributed by atoms with Crippen LogP contribution in [0.1, 0.15) is 38.5 Å². The van der Waals surface area contributed by atoms with Crippen LogP contribution in [-0.4, -0.2) is 23.1 Å². The van der Waals surface area contributed by atoms with Crippen LogP contribution in [0.3, 0.4) is 0 Å². The number of carboxylic acids is 1. The van der Waals surface area contributed by atoms with Gasteiger partial charge in [-0.1, -0.05) is 19.3 Å². The molecule has 1 atom stereocenters. The third kappa shape index (κ3) is 3.52. The first-order valence-corrected chi connectivity index (χ1v) is 6.87. The minimum atomic E-state index is -0.578. The minimum absolute atomic E-state index is 0.0808. The summed E-state index contributed by atoms with van der Waals surface area (Å²) in [5.41, 5.74) is 0. The summed E-state index contributed by atoms with van der Waals surface area (Å²) in [7, 11) is 0. The van der Waals surface area contributed by atoms with Gasteiger partial charge in [0, 0.05) is 0 Å². The molecule has 0 aromatic rings. The van der Waals surface area contributed by atoms with Crippen molar-refractivity contribution in [3.63, 3.8) is 0 Å². The van der Waals surface area contributed by atoms with Crippen molar-refractivity contribution < 1.29 is 9.90 Å². The van der Waals surface area contributed by atoms with Crippen molar-refractivity contribution >= 4 is 17.7 Å². The van der Waals surface area contributed by atoms with Gasteiger partial charge >= 0.3 is 5.97 Å². The number of carbonyl (C=O) groups is 1. The largest absolute Gasteiger partial charge is 0.481 e. The maximum Gasteiger partial charge on any atom is 0.306 e. The number of rotatable bonds is 5. The van der Waals surface area contributed by atoms with Crippen LogP contribution in [0.2, 0.25) is 0 Å². The van der Waals surface area contributed by atoms with Crippen LogP contribution in [-0.2, 0) is 4.79 Å². The third-order valence-electron chi connectivity index (χ3n) is 3.17. The van der Waals surface area contributed by atoms with Crippen LogP contribution in [0, 0.1) is 11.8 Å². The molecule has 0 aromatic carbocycles. The maximum absolute atomic E-state index is 11.1. The Morgan fingerprint density at radius 1 is 1.43 bits per heavy atom. The zero-order valence-corrected chi connectivity index (χ0v) is 9.68. The van der Waals surface area contributed by atoms with Crippen LogP contribution in [0.4, 0.5) is 0 Å². The van der Waals surface area contributed by atoms with Gasteiger partial charge in [0.05, 0.1) is 5.92 Å². The highest BCUT2D eigenvalue weighted by molar-refractivity contribution is 7.98. The smallest absolute Gasteiger partial charge is 0.306 e.